The number of benzene rings is 2. The molecule has 2 rings (SSSR count). The van der Waals surface area contributed by atoms with Crippen LogP contribution in [0.25, 0.3) is 10.8 Å². The summed E-state index contributed by atoms with van der Waals surface area (Å²) in [6.45, 7) is 5.82. The second kappa shape index (κ2) is 9.67. The summed E-state index contributed by atoms with van der Waals surface area (Å²) in [5.41, 5.74) is 1.19. The minimum atomic E-state index is 0.734. The van der Waals surface area contributed by atoms with Crippen molar-refractivity contribution >= 4 is 22.4 Å². The predicted molar refractivity (Wildman–Crippen MR) is 99.2 cm³/mol. The Morgan fingerprint density at radius 3 is 2.52 bits per heavy atom. The van der Waals surface area contributed by atoms with E-state index in [9.17, 15) is 0 Å². The van der Waals surface area contributed by atoms with Crippen molar-refractivity contribution in [2.75, 3.05) is 19.1 Å². The van der Waals surface area contributed by atoms with Crippen LogP contribution in [-0.2, 0) is 0 Å². The average Bonchev–Trinajstić information content (AvgIpc) is 2.57. The lowest BCUT2D eigenvalue weighted by molar-refractivity contribution is 0.305. The van der Waals surface area contributed by atoms with Gasteiger partial charge in [-0.2, -0.15) is 0 Å². The van der Waals surface area contributed by atoms with Crippen molar-refractivity contribution in [1.29, 1.82) is 0 Å². The molecule has 0 aliphatic heterocycles. The standard InChI is InChI=1S/C20H27ClO2/c1-3-4-13-22-18-9-10-19-16(2)20(11-8-17(19)15-18)23-14-7-5-6-12-21/h8-11,15H,3-7,12-14H2,1-2H3. The Balaban J connectivity index is 2.02. The van der Waals surface area contributed by atoms with Gasteiger partial charge in [0.2, 0.25) is 0 Å². The molecule has 0 unspecified atom stereocenters. The van der Waals surface area contributed by atoms with Gasteiger partial charge in [-0.15, -0.1) is 11.6 Å². The molecule has 0 N–H and O–H groups in total. The minimum absolute atomic E-state index is 0.734. The molecular formula is C20H27ClO2. The van der Waals surface area contributed by atoms with Crippen LogP contribution in [0.15, 0.2) is 30.3 Å². The van der Waals surface area contributed by atoms with E-state index in [1.807, 2.05) is 0 Å². The zero-order valence-electron chi connectivity index (χ0n) is 14.2. The lowest BCUT2D eigenvalue weighted by Crippen LogP contribution is -2.00. The number of aryl methyl sites for hydroxylation is 1. The highest BCUT2D eigenvalue weighted by molar-refractivity contribution is 6.17. The van der Waals surface area contributed by atoms with E-state index < -0.39 is 0 Å². The van der Waals surface area contributed by atoms with Crippen LogP contribution < -0.4 is 9.47 Å². The lowest BCUT2D eigenvalue weighted by Gasteiger charge is -2.12. The molecule has 0 radical (unpaired) electrons. The highest BCUT2D eigenvalue weighted by atomic mass is 35.5. The van der Waals surface area contributed by atoms with Crippen molar-refractivity contribution in [3.63, 3.8) is 0 Å². The molecule has 0 aliphatic carbocycles. The minimum Gasteiger partial charge on any atom is -0.494 e. The van der Waals surface area contributed by atoms with Gasteiger partial charge in [0.05, 0.1) is 13.2 Å². The molecule has 0 fully saturated rings. The second-order valence-electron chi connectivity index (χ2n) is 5.87. The Morgan fingerprint density at radius 1 is 0.913 bits per heavy atom. The van der Waals surface area contributed by atoms with E-state index in [0.29, 0.717) is 0 Å². The van der Waals surface area contributed by atoms with Gasteiger partial charge in [-0.05, 0) is 67.1 Å². The van der Waals surface area contributed by atoms with Crippen molar-refractivity contribution in [2.45, 2.75) is 46.0 Å². The topological polar surface area (TPSA) is 18.5 Å². The Kier molecular flexibility index (Phi) is 7.54. The van der Waals surface area contributed by atoms with Gasteiger partial charge in [-0.1, -0.05) is 25.5 Å². The fourth-order valence-electron chi connectivity index (χ4n) is 2.58. The molecule has 3 heteroatoms. The summed E-state index contributed by atoms with van der Waals surface area (Å²) < 4.78 is 11.7. The van der Waals surface area contributed by atoms with Crippen molar-refractivity contribution in [3.8, 4) is 11.5 Å². The summed E-state index contributed by atoms with van der Waals surface area (Å²) in [5, 5.41) is 2.43. The maximum atomic E-state index is 5.93. The number of halogens is 1. The quantitative estimate of drug-likeness (QED) is 0.385. The Bertz CT molecular complexity index is 610. The summed E-state index contributed by atoms with van der Waals surface area (Å²) >= 11 is 5.69. The number of rotatable bonds is 10. The first-order valence-corrected chi connectivity index (χ1v) is 9.14. The van der Waals surface area contributed by atoms with Crippen LogP contribution in [0.5, 0.6) is 11.5 Å². The third-order valence-electron chi connectivity index (χ3n) is 4.01. The number of unbranched alkanes of at least 4 members (excludes halogenated alkanes) is 3. The van der Waals surface area contributed by atoms with E-state index in [2.05, 4.69) is 44.2 Å². The lowest BCUT2D eigenvalue weighted by atomic mass is 10.0. The molecule has 0 saturated carbocycles. The van der Waals surface area contributed by atoms with Crippen LogP contribution in [0, 0.1) is 6.92 Å². The molecule has 0 atom stereocenters. The third-order valence-corrected chi connectivity index (χ3v) is 4.28. The van der Waals surface area contributed by atoms with E-state index in [-0.39, 0.29) is 0 Å². The third kappa shape index (κ3) is 5.31. The Labute approximate surface area is 144 Å². The number of hydrogen-bond donors (Lipinski definition) is 0. The fraction of sp³-hybridized carbons (Fsp3) is 0.500. The number of hydrogen-bond acceptors (Lipinski definition) is 2. The van der Waals surface area contributed by atoms with E-state index in [0.717, 1.165) is 62.7 Å². The second-order valence-corrected chi connectivity index (χ2v) is 6.25. The first-order chi connectivity index (χ1) is 11.3. The molecule has 0 heterocycles. The molecule has 0 saturated heterocycles. The van der Waals surface area contributed by atoms with Crippen LogP contribution in [-0.4, -0.2) is 19.1 Å². The van der Waals surface area contributed by atoms with Crippen LogP contribution in [0.4, 0.5) is 0 Å². The fourth-order valence-corrected chi connectivity index (χ4v) is 2.77. The van der Waals surface area contributed by atoms with Gasteiger partial charge >= 0.3 is 0 Å². The van der Waals surface area contributed by atoms with Crippen LogP contribution in [0.2, 0.25) is 0 Å². The largest absolute Gasteiger partial charge is 0.494 e. The smallest absolute Gasteiger partial charge is 0.122 e. The van der Waals surface area contributed by atoms with Gasteiger partial charge in [0.1, 0.15) is 11.5 Å². The van der Waals surface area contributed by atoms with Crippen molar-refractivity contribution < 1.29 is 9.47 Å². The van der Waals surface area contributed by atoms with Gasteiger partial charge < -0.3 is 9.47 Å². The predicted octanol–water partition coefficient (Wildman–Crippen LogP) is 6.12. The normalized spacial score (nSPS) is 10.9. The molecule has 23 heavy (non-hydrogen) atoms. The van der Waals surface area contributed by atoms with Crippen molar-refractivity contribution in [3.05, 3.63) is 35.9 Å². The number of alkyl halides is 1. The monoisotopic (exact) mass is 334 g/mol. The van der Waals surface area contributed by atoms with E-state index in [1.54, 1.807) is 0 Å². The highest BCUT2D eigenvalue weighted by Crippen LogP contribution is 2.30. The summed E-state index contributed by atoms with van der Waals surface area (Å²) in [6, 6.07) is 10.5. The maximum absolute atomic E-state index is 5.93. The van der Waals surface area contributed by atoms with Crippen LogP contribution >= 0.6 is 11.6 Å². The molecule has 0 bridgehead atoms. The van der Waals surface area contributed by atoms with Crippen molar-refractivity contribution in [1.82, 2.24) is 0 Å². The molecule has 0 spiro atoms. The van der Waals surface area contributed by atoms with Gasteiger partial charge in [0, 0.05) is 5.88 Å². The molecule has 2 aromatic rings. The molecular weight excluding hydrogens is 308 g/mol. The van der Waals surface area contributed by atoms with Gasteiger partial charge in [0.15, 0.2) is 0 Å². The zero-order valence-corrected chi connectivity index (χ0v) is 15.0. The maximum Gasteiger partial charge on any atom is 0.122 e. The summed E-state index contributed by atoms with van der Waals surface area (Å²) in [4.78, 5) is 0. The number of ether oxygens (including phenoxy) is 2. The molecule has 0 amide bonds. The first-order valence-electron chi connectivity index (χ1n) is 8.61. The van der Waals surface area contributed by atoms with Crippen LogP contribution in [0.3, 0.4) is 0 Å². The first kappa shape index (κ1) is 17.9. The molecule has 2 nitrogen and oxygen atoms in total. The van der Waals surface area contributed by atoms with E-state index in [1.165, 1.54) is 16.3 Å². The molecule has 2 aromatic carbocycles. The van der Waals surface area contributed by atoms with Gasteiger partial charge in [-0.3, -0.25) is 0 Å². The Hall–Kier alpha value is -1.41. The SMILES string of the molecule is CCCCOc1ccc2c(C)c(OCCCCCCl)ccc2c1. The molecule has 0 aliphatic rings. The van der Waals surface area contributed by atoms with Gasteiger partial charge in [-0.25, -0.2) is 0 Å². The number of fused-ring (bicyclic) bond motifs is 1. The van der Waals surface area contributed by atoms with E-state index >= 15 is 0 Å². The van der Waals surface area contributed by atoms with E-state index in [4.69, 9.17) is 21.1 Å². The summed E-state index contributed by atoms with van der Waals surface area (Å²) in [7, 11) is 0. The zero-order chi connectivity index (χ0) is 16.5. The Morgan fingerprint density at radius 2 is 1.74 bits per heavy atom. The molecule has 0 aromatic heterocycles. The highest BCUT2D eigenvalue weighted by Gasteiger charge is 2.06. The summed E-state index contributed by atoms with van der Waals surface area (Å²) in [6.07, 6.45) is 5.47. The van der Waals surface area contributed by atoms with Gasteiger partial charge in [0.25, 0.3) is 0 Å². The summed E-state index contributed by atoms with van der Waals surface area (Å²) in [5.74, 6) is 2.65. The van der Waals surface area contributed by atoms with Crippen LogP contribution in [0.1, 0.15) is 44.6 Å². The van der Waals surface area contributed by atoms with Crippen molar-refractivity contribution in [2.24, 2.45) is 0 Å². The average molecular weight is 335 g/mol. The molecule has 126 valence electrons.